The number of carbonyl (C=O) groups is 3. The number of benzene rings is 1. The van der Waals surface area contributed by atoms with Gasteiger partial charge in [-0.15, -0.1) is 0 Å². The third-order valence-electron chi connectivity index (χ3n) is 5.02. The second-order valence-electron chi connectivity index (χ2n) is 7.15. The van der Waals surface area contributed by atoms with E-state index in [1.807, 2.05) is 29.6 Å². The summed E-state index contributed by atoms with van der Waals surface area (Å²) in [6, 6.07) is 9.27. The molecule has 0 saturated carbocycles. The maximum atomic E-state index is 12.9. The smallest absolute Gasteiger partial charge is 0.307 e. The largest absolute Gasteiger partial charge is 0.497 e. The molecule has 8 nitrogen and oxygen atoms in total. The molecule has 0 radical (unpaired) electrons. The predicted molar refractivity (Wildman–Crippen MR) is 115 cm³/mol. The van der Waals surface area contributed by atoms with Crippen LogP contribution in [0.5, 0.6) is 5.75 Å². The molecule has 2 amide bonds. The molecule has 0 aliphatic carbocycles. The van der Waals surface area contributed by atoms with Gasteiger partial charge in [0, 0.05) is 25.0 Å². The minimum absolute atomic E-state index is 0.0606. The summed E-state index contributed by atoms with van der Waals surface area (Å²) in [5.74, 6) is -0.0948. The zero-order valence-electron chi connectivity index (χ0n) is 17.6. The van der Waals surface area contributed by atoms with Crippen molar-refractivity contribution in [2.45, 2.75) is 19.1 Å². The molecule has 1 aliphatic rings. The molecular weight excluding hydrogens is 420 g/mol. The Labute approximate surface area is 185 Å². The molecule has 1 aromatic heterocycles. The number of rotatable bonds is 8. The minimum atomic E-state index is -0.405. The van der Waals surface area contributed by atoms with E-state index in [0.717, 1.165) is 11.3 Å². The highest BCUT2D eigenvalue weighted by Crippen LogP contribution is 2.18. The summed E-state index contributed by atoms with van der Waals surface area (Å²) < 4.78 is 16.0. The monoisotopic (exact) mass is 446 g/mol. The number of esters is 1. The summed E-state index contributed by atoms with van der Waals surface area (Å²) in [5.41, 5.74) is 1.47. The molecule has 1 atom stereocenters. The normalized spacial score (nSPS) is 16.7. The van der Waals surface area contributed by atoms with Crippen molar-refractivity contribution in [1.29, 1.82) is 0 Å². The molecule has 9 heteroatoms. The predicted octanol–water partition coefficient (Wildman–Crippen LogP) is 2.19. The van der Waals surface area contributed by atoms with Gasteiger partial charge >= 0.3 is 5.97 Å². The number of nitrogens with zero attached hydrogens (tertiary/aromatic N) is 2. The topological polar surface area (TPSA) is 85.4 Å². The van der Waals surface area contributed by atoms with E-state index in [0.29, 0.717) is 12.2 Å². The number of thiophene rings is 1. The molecular formula is C22H26N2O6S. The van der Waals surface area contributed by atoms with Crippen LogP contribution in [0.25, 0.3) is 0 Å². The van der Waals surface area contributed by atoms with E-state index in [-0.39, 0.29) is 44.4 Å². The Morgan fingerprint density at radius 3 is 2.74 bits per heavy atom. The van der Waals surface area contributed by atoms with Crippen molar-refractivity contribution in [3.05, 3.63) is 52.2 Å². The van der Waals surface area contributed by atoms with Crippen molar-refractivity contribution in [2.75, 3.05) is 40.4 Å². The maximum Gasteiger partial charge on any atom is 0.307 e. The van der Waals surface area contributed by atoms with E-state index in [4.69, 9.17) is 9.47 Å². The fourth-order valence-electron chi connectivity index (χ4n) is 3.33. The number of carbonyl (C=O) groups excluding carboxylic acids is 3. The third-order valence-corrected chi connectivity index (χ3v) is 5.70. The number of amides is 2. The SMILES string of the molecule is COC(=O)CCN1CC(OCc2cccc(OC)c2)CN(C(=O)c2ccsc2)CC1=O. The Bertz CT molecular complexity index is 901. The fourth-order valence-corrected chi connectivity index (χ4v) is 3.96. The molecule has 3 rings (SSSR count). The van der Waals surface area contributed by atoms with E-state index in [9.17, 15) is 14.4 Å². The van der Waals surface area contributed by atoms with E-state index in [2.05, 4.69) is 4.74 Å². The van der Waals surface area contributed by atoms with Gasteiger partial charge in [0.05, 0.1) is 38.9 Å². The summed E-state index contributed by atoms with van der Waals surface area (Å²) in [5, 5.41) is 3.59. The first kappa shape index (κ1) is 22.8. The molecule has 1 aromatic carbocycles. The Balaban J connectivity index is 1.73. The number of ether oxygens (including phenoxy) is 3. The standard InChI is InChI=1S/C22H26N2O6S/c1-28-18-5-3-4-16(10-18)14-30-19-11-23(8-6-21(26)29-2)20(25)13-24(12-19)22(27)17-7-9-31-15-17/h3-5,7,9-10,15,19H,6,8,11-14H2,1-2H3. The number of methoxy groups -OCH3 is 2. The lowest BCUT2D eigenvalue weighted by Crippen LogP contribution is -2.40. The van der Waals surface area contributed by atoms with Gasteiger partial charge in [0.2, 0.25) is 5.91 Å². The van der Waals surface area contributed by atoms with E-state index < -0.39 is 12.1 Å². The van der Waals surface area contributed by atoms with Crippen molar-refractivity contribution in [3.8, 4) is 5.75 Å². The quantitative estimate of drug-likeness (QED) is 0.578. The first-order valence-electron chi connectivity index (χ1n) is 9.90. The van der Waals surface area contributed by atoms with Gasteiger partial charge in [-0.05, 0) is 29.1 Å². The van der Waals surface area contributed by atoms with Crippen molar-refractivity contribution in [1.82, 2.24) is 9.80 Å². The van der Waals surface area contributed by atoms with Gasteiger partial charge in [0.15, 0.2) is 0 Å². The van der Waals surface area contributed by atoms with Gasteiger partial charge in [-0.2, -0.15) is 11.3 Å². The van der Waals surface area contributed by atoms with Crippen LogP contribution in [0, 0.1) is 0 Å². The van der Waals surface area contributed by atoms with Crippen molar-refractivity contribution in [3.63, 3.8) is 0 Å². The maximum absolute atomic E-state index is 12.9. The lowest BCUT2D eigenvalue weighted by molar-refractivity contribution is -0.142. The summed E-state index contributed by atoms with van der Waals surface area (Å²) >= 11 is 1.43. The highest BCUT2D eigenvalue weighted by atomic mass is 32.1. The lowest BCUT2D eigenvalue weighted by Gasteiger charge is -2.24. The van der Waals surface area contributed by atoms with Crippen LogP contribution in [0.4, 0.5) is 0 Å². The average Bonchev–Trinajstić information content (AvgIpc) is 3.28. The van der Waals surface area contributed by atoms with Crippen LogP contribution < -0.4 is 4.74 Å². The van der Waals surface area contributed by atoms with Gasteiger partial charge in [0.1, 0.15) is 12.3 Å². The first-order valence-corrected chi connectivity index (χ1v) is 10.8. The fraction of sp³-hybridized carbons (Fsp3) is 0.409. The number of hydrogen-bond donors (Lipinski definition) is 0. The zero-order valence-corrected chi connectivity index (χ0v) is 18.4. The Kier molecular flexibility index (Phi) is 8.02. The molecule has 1 unspecified atom stereocenters. The first-order chi connectivity index (χ1) is 15.0. The van der Waals surface area contributed by atoms with Crippen LogP contribution in [0.1, 0.15) is 22.3 Å². The van der Waals surface area contributed by atoms with Crippen LogP contribution in [0.15, 0.2) is 41.1 Å². The van der Waals surface area contributed by atoms with Crippen molar-refractivity contribution < 1.29 is 28.6 Å². The molecule has 1 fully saturated rings. The zero-order chi connectivity index (χ0) is 22.2. The number of hydrogen-bond acceptors (Lipinski definition) is 7. The molecule has 0 N–H and O–H groups in total. The van der Waals surface area contributed by atoms with Crippen LogP contribution in [0.3, 0.4) is 0 Å². The highest BCUT2D eigenvalue weighted by molar-refractivity contribution is 7.08. The van der Waals surface area contributed by atoms with Crippen molar-refractivity contribution in [2.24, 2.45) is 0 Å². The van der Waals surface area contributed by atoms with Gasteiger partial charge in [0.25, 0.3) is 5.91 Å². The Morgan fingerprint density at radius 1 is 1.19 bits per heavy atom. The average molecular weight is 447 g/mol. The van der Waals surface area contributed by atoms with Gasteiger partial charge in [-0.25, -0.2) is 0 Å². The van der Waals surface area contributed by atoms with E-state index in [1.54, 1.807) is 23.5 Å². The van der Waals surface area contributed by atoms with Crippen LogP contribution in [0.2, 0.25) is 0 Å². The van der Waals surface area contributed by atoms with Crippen LogP contribution in [-0.2, 0) is 25.7 Å². The van der Waals surface area contributed by atoms with Gasteiger partial charge < -0.3 is 24.0 Å². The molecule has 31 heavy (non-hydrogen) atoms. The Hall–Kier alpha value is -2.91. The van der Waals surface area contributed by atoms with Crippen LogP contribution in [-0.4, -0.2) is 74.1 Å². The molecule has 2 aromatic rings. The molecule has 0 bridgehead atoms. The summed E-state index contributed by atoms with van der Waals surface area (Å²) in [4.78, 5) is 40.3. The summed E-state index contributed by atoms with van der Waals surface area (Å²) in [6.45, 7) is 1.02. The molecule has 1 aliphatic heterocycles. The second kappa shape index (κ2) is 10.9. The third kappa shape index (κ3) is 6.28. The van der Waals surface area contributed by atoms with Crippen molar-refractivity contribution >= 4 is 29.1 Å². The van der Waals surface area contributed by atoms with E-state index in [1.165, 1.54) is 23.3 Å². The summed E-state index contributed by atoms with van der Waals surface area (Å²) in [6.07, 6.45) is -0.318. The van der Waals surface area contributed by atoms with Gasteiger partial charge in [-0.3, -0.25) is 14.4 Å². The Morgan fingerprint density at radius 2 is 2.03 bits per heavy atom. The lowest BCUT2D eigenvalue weighted by atomic mass is 10.2. The highest BCUT2D eigenvalue weighted by Gasteiger charge is 2.31. The van der Waals surface area contributed by atoms with Crippen LogP contribution >= 0.6 is 11.3 Å². The minimum Gasteiger partial charge on any atom is -0.497 e. The van der Waals surface area contributed by atoms with Gasteiger partial charge in [-0.1, -0.05) is 12.1 Å². The molecule has 2 heterocycles. The second-order valence-corrected chi connectivity index (χ2v) is 7.93. The molecule has 1 saturated heterocycles. The van der Waals surface area contributed by atoms with E-state index >= 15 is 0 Å². The molecule has 0 spiro atoms. The molecule has 166 valence electrons. The summed E-state index contributed by atoms with van der Waals surface area (Å²) in [7, 11) is 2.91.